The Morgan fingerprint density at radius 3 is 2.83 bits per heavy atom. The maximum absolute atomic E-state index is 12.9. The largest absolute Gasteiger partial charge is 0.472 e. The fourth-order valence-corrected chi connectivity index (χ4v) is 3.53. The van der Waals surface area contributed by atoms with Crippen molar-refractivity contribution in [2.45, 2.75) is 25.8 Å². The monoisotopic (exact) mass is 396 g/mol. The molecule has 29 heavy (non-hydrogen) atoms. The molecule has 0 aliphatic carbocycles. The molecule has 3 aromatic heterocycles. The summed E-state index contributed by atoms with van der Waals surface area (Å²) in [4.78, 5) is 37.7. The Balaban J connectivity index is 1.39. The predicted molar refractivity (Wildman–Crippen MR) is 105 cm³/mol. The van der Waals surface area contributed by atoms with Gasteiger partial charge in [-0.3, -0.25) is 9.20 Å². The first-order chi connectivity index (χ1) is 14.2. The number of hydrogen-bond acceptors (Lipinski definition) is 5. The summed E-state index contributed by atoms with van der Waals surface area (Å²) in [7, 11) is 0. The van der Waals surface area contributed by atoms with Gasteiger partial charge in [0.1, 0.15) is 6.26 Å². The Hall–Kier alpha value is -3.36. The lowest BCUT2D eigenvalue weighted by Crippen LogP contribution is -2.43. The highest BCUT2D eigenvalue weighted by Crippen LogP contribution is 2.17. The van der Waals surface area contributed by atoms with Crippen LogP contribution in [0.1, 0.15) is 41.9 Å². The van der Waals surface area contributed by atoms with Gasteiger partial charge < -0.3 is 19.5 Å². The van der Waals surface area contributed by atoms with Gasteiger partial charge in [-0.1, -0.05) is 6.92 Å². The average molecular weight is 396 g/mol. The molecule has 0 unspecified atom stereocenters. The van der Waals surface area contributed by atoms with E-state index in [1.54, 1.807) is 22.1 Å². The highest BCUT2D eigenvalue weighted by Gasteiger charge is 2.25. The highest BCUT2D eigenvalue weighted by atomic mass is 16.3. The number of nitrogens with zero attached hydrogens (tertiary/aromatic N) is 5. The summed E-state index contributed by atoms with van der Waals surface area (Å²) < 4.78 is 6.85. The summed E-state index contributed by atoms with van der Waals surface area (Å²) in [6, 6.07) is 3.16. The summed E-state index contributed by atoms with van der Waals surface area (Å²) in [6.45, 7) is 4.20. The van der Waals surface area contributed by atoms with Crippen LogP contribution in [0.5, 0.6) is 0 Å². The molecule has 1 atom stereocenters. The van der Waals surface area contributed by atoms with Crippen LogP contribution in [-0.4, -0.2) is 62.3 Å². The first kappa shape index (κ1) is 19.0. The van der Waals surface area contributed by atoms with E-state index in [-0.39, 0.29) is 18.0 Å². The van der Waals surface area contributed by atoms with Crippen molar-refractivity contribution in [3.8, 4) is 0 Å². The van der Waals surface area contributed by atoms with E-state index < -0.39 is 0 Å². The fraction of sp³-hybridized carbons (Fsp3) is 0.400. The third kappa shape index (κ3) is 4.08. The van der Waals surface area contributed by atoms with E-state index in [4.69, 9.17) is 4.42 Å². The lowest BCUT2D eigenvalue weighted by atomic mass is 10.2. The Labute approximate surface area is 168 Å². The number of carbonyl (C=O) groups is 2. The van der Waals surface area contributed by atoms with Crippen LogP contribution in [0.25, 0.3) is 5.78 Å². The lowest BCUT2D eigenvalue weighted by Gasteiger charge is -2.24. The summed E-state index contributed by atoms with van der Waals surface area (Å²) in [5.41, 5.74) is 1.32. The Morgan fingerprint density at radius 2 is 2.07 bits per heavy atom. The maximum atomic E-state index is 12.9. The molecule has 9 heteroatoms. The van der Waals surface area contributed by atoms with Gasteiger partial charge in [-0.05, 0) is 25.0 Å². The number of aromatic nitrogens is 3. The number of nitrogens with one attached hydrogen (secondary N) is 1. The molecule has 9 nitrogen and oxygen atoms in total. The molecule has 152 valence electrons. The molecule has 4 rings (SSSR count). The normalized spacial score (nSPS) is 15.9. The van der Waals surface area contributed by atoms with E-state index in [0.717, 1.165) is 12.1 Å². The quantitative estimate of drug-likeness (QED) is 0.730. The molecule has 4 heterocycles. The van der Waals surface area contributed by atoms with Crippen LogP contribution in [0, 0.1) is 0 Å². The predicted octanol–water partition coefficient (Wildman–Crippen LogP) is 2.33. The van der Waals surface area contributed by atoms with E-state index in [1.807, 2.05) is 29.8 Å². The molecule has 3 aromatic rings. The number of rotatable bonds is 4. The van der Waals surface area contributed by atoms with Crippen LogP contribution in [0.15, 0.2) is 47.7 Å². The van der Waals surface area contributed by atoms with Crippen LogP contribution in [0.4, 0.5) is 4.79 Å². The number of carbonyl (C=O) groups excluding carboxylic acids is 2. The third-order valence-corrected chi connectivity index (χ3v) is 5.16. The van der Waals surface area contributed by atoms with E-state index in [9.17, 15) is 9.59 Å². The maximum Gasteiger partial charge on any atom is 0.317 e. The van der Waals surface area contributed by atoms with Crippen molar-refractivity contribution in [2.24, 2.45) is 0 Å². The van der Waals surface area contributed by atoms with E-state index >= 15 is 0 Å². The Kier molecular flexibility index (Phi) is 5.46. The van der Waals surface area contributed by atoms with Crippen molar-refractivity contribution in [1.82, 2.24) is 29.5 Å². The van der Waals surface area contributed by atoms with Crippen LogP contribution in [-0.2, 0) is 0 Å². The number of imidazole rings is 1. The lowest BCUT2D eigenvalue weighted by molar-refractivity contribution is 0.0761. The SMILES string of the molecule is CC[C@H](NC(=O)N1CCCN(C(=O)c2ccoc2)CC1)c1cn2cccnc2n1. The number of urea groups is 1. The number of furan rings is 1. The van der Waals surface area contributed by atoms with Crippen LogP contribution in [0.3, 0.4) is 0 Å². The van der Waals surface area contributed by atoms with Crippen molar-refractivity contribution >= 4 is 17.7 Å². The van der Waals surface area contributed by atoms with Crippen molar-refractivity contribution in [3.63, 3.8) is 0 Å². The standard InChI is InChI=1S/C20H24N6O3/c1-2-16(17-13-26-7-3-6-21-19(26)22-17)23-20(28)25-9-4-8-24(10-11-25)18(27)15-5-12-29-14-15/h3,5-7,12-14,16H,2,4,8-11H2,1H3,(H,23,28)/t16-/m0/s1. The molecule has 1 aliphatic rings. The molecule has 0 aromatic carbocycles. The van der Waals surface area contributed by atoms with Crippen LogP contribution < -0.4 is 5.32 Å². The van der Waals surface area contributed by atoms with Gasteiger partial charge in [-0.25, -0.2) is 14.8 Å². The Bertz CT molecular complexity index is 950. The molecule has 1 aliphatic heterocycles. The number of fused-ring (bicyclic) bond motifs is 1. The van der Waals surface area contributed by atoms with Gasteiger partial charge in [0.05, 0.1) is 23.6 Å². The highest BCUT2D eigenvalue weighted by molar-refractivity contribution is 5.93. The molecule has 0 radical (unpaired) electrons. The van der Waals surface area contributed by atoms with Gasteiger partial charge in [0.2, 0.25) is 5.78 Å². The van der Waals surface area contributed by atoms with Crippen molar-refractivity contribution in [2.75, 3.05) is 26.2 Å². The molecule has 0 saturated carbocycles. The fourth-order valence-electron chi connectivity index (χ4n) is 3.53. The minimum Gasteiger partial charge on any atom is -0.472 e. The summed E-state index contributed by atoms with van der Waals surface area (Å²) in [5, 5.41) is 3.08. The zero-order chi connectivity index (χ0) is 20.2. The molecular weight excluding hydrogens is 372 g/mol. The first-order valence-corrected chi connectivity index (χ1v) is 9.82. The minimum absolute atomic E-state index is 0.0651. The molecule has 3 amide bonds. The summed E-state index contributed by atoms with van der Waals surface area (Å²) >= 11 is 0. The van der Waals surface area contributed by atoms with Crippen molar-refractivity contribution < 1.29 is 14.0 Å². The van der Waals surface area contributed by atoms with Gasteiger partial charge in [0.15, 0.2) is 0 Å². The van der Waals surface area contributed by atoms with Gasteiger partial charge >= 0.3 is 6.03 Å². The van der Waals surface area contributed by atoms with Crippen molar-refractivity contribution in [1.29, 1.82) is 0 Å². The van der Waals surface area contributed by atoms with Crippen LogP contribution in [0.2, 0.25) is 0 Å². The minimum atomic E-state index is -0.198. The number of hydrogen-bond donors (Lipinski definition) is 1. The third-order valence-electron chi connectivity index (χ3n) is 5.16. The summed E-state index contributed by atoms with van der Waals surface area (Å²) in [5.74, 6) is 0.544. The average Bonchev–Trinajstić information content (AvgIpc) is 3.36. The molecule has 1 saturated heterocycles. The topological polar surface area (TPSA) is 96.0 Å². The Morgan fingerprint density at radius 1 is 1.24 bits per heavy atom. The zero-order valence-electron chi connectivity index (χ0n) is 16.3. The van der Waals surface area contributed by atoms with E-state index in [2.05, 4.69) is 15.3 Å². The number of amides is 3. The van der Waals surface area contributed by atoms with E-state index in [0.29, 0.717) is 43.9 Å². The zero-order valence-corrected chi connectivity index (χ0v) is 16.3. The van der Waals surface area contributed by atoms with Crippen LogP contribution >= 0.6 is 0 Å². The van der Waals surface area contributed by atoms with Gasteiger partial charge in [0.25, 0.3) is 5.91 Å². The molecule has 0 bridgehead atoms. The van der Waals surface area contributed by atoms with Gasteiger partial charge in [-0.15, -0.1) is 0 Å². The first-order valence-electron chi connectivity index (χ1n) is 9.82. The molecule has 1 N–H and O–H groups in total. The second-order valence-corrected chi connectivity index (χ2v) is 7.05. The second kappa shape index (κ2) is 8.34. The van der Waals surface area contributed by atoms with Crippen molar-refractivity contribution in [3.05, 3.63) is 54.5 Å². The molecule has 0 spiro atoms. The smallest absolute Gasteiger partial charge is 0.317 e. The van der Waals surface area contributed by atoms with E-state index in [1.165, 1.54) is 12.5 Å². The summed E-state index contributed by atoms with van der Waals surface area (Å²) in [6.07, 6.45) is 9.86. The molecular formula is C20H24N6O3. The molecule has 1 fully saturated rings. The van der Waals surface area contributed by atoms with Gasteiger partial charge in [-0.2, -0.15) is 0 Å². The second-order valence-electron chi connectivity index (χ2n) is 7.05. The van der Waals surface area contributed by atoms with Gasteiger partial charge in [0, 0.05) is 44.8 Å².